The van der Waals surface area contributed by atoms with Crippen LogP contribution in [0.25, 0.3) is 0 Å². The molecular formula is C17H15BrF2O. The topological polar surface area (TPSA) is 9.23 Å². The van der Waals surface area contributed by atoms with Gasteiger partial charge in [0, 0.05) is 12.0 Å². The number of hydrogen-bond acceptors (Lipinski definition) is 1. The molecule has 1 unspecified atom stereocenters. The lowest BCUT2D eigenvalue weighted by Gasteiger charge is -2.16. The third kappa shape index (κ3) is 2.69. The molecule has 0 radical (unpaired) electrons. The van der Waals surface area contributed by atoms with Crippen molar-refractivity contribution < 1.29 is 13.5 Å². The Bertz CT molecular complexity index is 697. The Morgan fingerprint density at radius 3 is 2.71 bits per heavy atom. The van der Waals surface area contributed by atoms with Gasteiger partial charge in [0.1, 0.15) is 11.4 Å². The van der Waals surface area contributed by atoms with Gasteiger partial charge in [0.05, 0.1) is 4.83 Å². The quantitative estimate of drug-likeness (QED) is 0.678. The van der Waals surface area contributed by atoms with E-state index >= 15 is 0 Å². The summed E-state index contributed by atoms with van der Waals surface area (Å²) in [7, 11) is 0. The van der Waals surface area contributed by atoms with Crippen LogP contribution in [0, 0.1) is 11.6 Å². The Balaban J connectivity index is 1.97. The highest BCUT2D eigenvalue weighted by molar-refractivity contribution is 9.09. The van der Waals surface area contributed by atoms with Crippen molar-refractivity contribution in [1.29, 1.82) is 0 Å². The van der Waals surface area contributed by atoms with Crippen molar-refractivity contribution in [2.24, 2.45) is 0 Å². The van der Waals surface area contributed by atoms with Crippen LogP contribution in [-0.4, -0.2) is 5.60 Å². The third-order valence-corrected chi connectivity index (χ3v) is 4.66. The van der Waals surface area contributed by atoms with Crippen LogP contribution in [0.2, 0.25) is 0 Å². The monoisotopic (exact) mass is 352 g/mol. The molecule has 0 spiro atoms. The SMILES string of the molecule is CC1(C)Cc2cc(C(Br)c3cccc(F)c3F)ccc2O1. The van der Waals surface area contributed by atoms with Crippen LogP contribution in [0.5, 0.6) is 5.75 Å². The molecule has 21 heavy (non-hydrogen) atoms. The zero-order valence-electron chi connectivity index (χ0n) is 11.8. The summed E-state index contributed by atoms with van der Waals surface area (Å²) in [4.78, 5) is -0.387. The fourth-order valence-corrected chi connectivity index (χ4v) is 3.32. The number of rotatable bonds is 2. The van der Waals surface area contributed by atoms with Crippen LogP contribution in [-0.2, 0) is 6.42 Å². The van der Waals surface area contributed by atoms with E-state index in [-0.39, 0.29) is 10.4 Å². The van der Waals surface area contributed by atoms with Crippen molar-refractivity contribution in [3.05, 3.63) is 64.7 Å². The zero-order valence-corrected chi connectivity index (χ0v) is 13.4. The number of fused-ring (bicyclic) bond motifs is 1. The van der Waals surface area contributed by atoms with E-state index in [1.165, 1.54) is 6.07 Å². The number of benzene rings is 2. The summed E-state index contributed by atoms with van der Waals surface area (Å²) in [5.74, 6) is -0.776. The Kier molecular flexibility index (Phi) is 3.52. The first kappa shape index (κ1) is 14.5. The first-order valence-electron chi connectivity index (χ1n) is 6.77. The van der Waals surface area contributed by atoms with Crippen LogP contribution < -0.4 is 4.74 Å². The second kappa shape index (κ2) is 5.09. The molecule has 0 saturated carbocycles. The van der Waals surface area contributed by atoms with Crippen molar-refractivity contribution in [3.8, 4) is 5.75 Å². The summed E-state index contributed by atoms with van der Waals surface area (Å²) in [6, 6.07) is 9.99. The molecule has 2 aromatic carbocycles. The lowest BCUT2D eigenvalue weighted by atomic mass is 9.97. The fourth-order valence-electron chi connectivity index (χ4n) is 2.68. The van der Waals surface area contributed by atoms with Crippen molar-refractivity contribution in [2.75, 3.05) is 0 Å². The van der Waals surface area contributed by atoms with Crippen LogP contribution in [0.4, 0.5) is 8.78 Å². The number of halogens is 3. The van der Waals surface area contributed by atoms with Gasteiger partial charge in [-0.3, -0.25) is 0 Å². The molecule has 1 atom stereocenters. The molecule has 1 aliphatic rings. The van der Waals surface area contributed by atoms with Crippen molar-refractivity contribution in [1.82, 2.24) is 0 Å². The summed E-state index contributed by atoms with van der Waals surface area (Å²) >= 11 is 3.47. The highest BCUT2D eigenvalue weighted by Crippen LogP contribution is 2.39. The van der Waals surface area contributed by atoms with Gasteiger partial charge in [-0.05, 0) is 37.1 Å². The van der Waals surface area contributed by atoms with Gasteiger partial charge in [-0.15, -0.1) is 0 Å². The van der Waals surface area contributed by atoms with Gasteiger partial charge in [-0.25, -0.2) is 8.78 Å². The molecule has 110 valence electrons. The zero-order chi connectivity index (χ0) is 15.2. The second-order valence-corrected chi connectivity index (χ2v) is 6.83. The Morgan fingerprint density at radius 2 is 1.95 bits per heavy atom. The van der Waals surface area contributed by atoms with Gasteiger partial charge >= 0.3 is 0 Å². The number of hydrogen-bond donors (Lipinski definition) is 0. The molecule has 1 heterocycles. The lowest BCUT2D eigenvalue weighted by Crippen LogP contribution is -2.24. The average Bonchev–Trinajstić information content (AvgIpc) is 2.73. The maximum atomic E-state index is 13.9. The largest absolute Gasteiger partial charge is 0.487 e. The summed E-state index contributed by atoms with van der Waals surface area (Å²) in [5, 5.41) is 0. The molecule has 3 rings (SSSR count). The van der Waals surface area contributed by atoms with E-state index in [1.807, 2.05) is 32.0 Å². The first-order valence-corrected chi connectivity index (χ1v) is 7.69. The van der Waals surface area contributed by atoms with E-state index < -0.39 is 11.6 Å². The molecule has 0 saturated heterocycles. The molecule has 1 nitrogen and oxygen atoms in total. The molecule has 2 aromatic rings. The Hall–Kier alpha value is -1.42. The number of alkyl halides is 1. The van der Waals surface area contributed by atoms with Crippen LogP contribution >= 0.6 is 15.9 Å². The molecule has 0 N–H and O–H groups in total. The normalized spacial score (nSPS) is 17.2. The Labute approximate surface area is 131 Å². The predicted molar refractivity (Wildman–Crippen MR) is 82.0 cm³/mol. The third-order valence-electron chi connectivity index (χ3n) is 3.63. The maximum Gasteiger partial charge on any atom is 0.163 e. The highest BCUT2D eigenvalue weighted by Gasteiger charge is 2.30. The minimum absolute atomic E-state index is 0.215. The van der Waals surface area contributed by atoms with Crippen LogP contribution in [0.15, 0.2) is 36.4 Å². The predicted octanol–water partition coefficient (Wildman–Crippen LogP) is 5.16. The van der Waals surface area contributed by atoms with Crippen LogP contribution in [0.1, 0.15) is 35.4 Å². The highest BCUT2D eigenvalue weighted by atomic mass is 79.9. The van der Waals surface area contributed by atoms with Gasteiger partial charge in [-0.2, -0.15) is 0 Å². The van der Waals surface area contributed by atoms with Gasteiger partial charge in [-0.1, -0.05) is 40.2 Å². The van der Waals surface area contributed by atoms with E-state index in [9.17, 15) is 8.78 Å². The summed E-state index contributed by atoms with van der Waals surface area (Å²) in [6.45, 7) is 4.06. The van der Waals surface area contributed by atoms with E-state index in [1.54, 1.807) is 6.07 Å². The fraction of sp³-hybridized carbons (Fsp3) is 0.294. The maximum absolute atomic E-state index is 13.9. The molecular weight excluding hydrogens is 338 g/mol. The van der Waals surface area contributed by atoms with Crippen molar-refractivity contribution in [3.63, 3.8) is 0 Å². The summed E-state index contributed by atoms with van der Waals surface area (Å²) < 4.78 is 33.1. The lowest BCUT2D eigenvalue weighted by molar-refractivity contribution is 0.138. The van der Waals surface area contributed by atoms with Crippen LogP contribution in [0.3, 0.4) is 0 Å². The molecule has 0 aromatic heterocycles. The number of ether oxygens (including phenoxy) is 1. The molecule has 0 fully saturated rings. The summed E-state index contributed by atoms with van der Waals surface area (Å²) in [6.07, 6.45) is 0.807. The Morgan fingerprint density at radius 1 is 1.19 bits per heavy atom. The molecule has 0 bridgehead atoms. The van der Waals surface area contributed by atoms with E-state index in [0.29, 0.717) is 5.56 Å². The molecule has 0 aliphatic carbocycles. The van der Waals surface area contributed by atoms with Gasteiger partial charge in [0.25, 0.3) is 0 Å². The molecule has 1 aliphatic heterocycles. The van der Waals surface area contributed by atoms with Gasteiger partial charge in [0.2, 0.25) is 0 Å². The minimum atomic E-state index is -0.831. The smallest absolute Gasteiger partial charge is 0.163 e. The standard InChI is InChI=1S/C17H15BrF2O/c1-17(2)9-11-8-10(6-7-14(11)21-17)15(18)12-4-3-5-13(19)16(12)20/h3-8,15H,9H2,1-2H3. The average molecular weight is 353 g/mol. The van der Waals surface area contributed by atoms with E-state index in [2.05, 4.69) is 15.9 Å². The first-order chi connectivity index (χ1) is 9.87. The van der Waals surface area contributed by atoms with Gasteiger partial charge < -0.3 is 4.74 Å². The molecule has 4 heteroatoms. The van der Waals surface area contributed by atoms with Gasteiger partial charge in [0.15, 0.2) is 11.6 Å². The molecule has 0 amide bonds. The van der Waals surface area contributed by atoms with Crippen molar-refractivity contribution in [2.45, 2.75) is 30.7 Å². The second-order valence-electron chi connectivity index (χ2n) is 5.91. The summed E-state index contributed by atoms with van der Waals surface area (Å²) in [5.41, 5.74) is 2.07. The van der Waals surface area contributed by atoms with Crippen molar-refractivity contribution >= 4 is 15.9 Å². The van der Waals surface area contributed by atoms with E-state index in [4.69, 9.17) is 4.74 Å². The minimum Gasteiger partial charge on any atom is -0.487 e. The van der Waals surface area contributed by atoms with E-state index in [0.717, 1.165) is 29.4 Å².